The van der Waals surface area contributed by atoms with Crippen LogP contribution < -0.4 is 0 Å². The largest absolute Gasteiger partial charge is 0.391 e. The highest BCUT2D eigenvalue weighted by Crippen LogP contribution is 2.26. The molecule has 1 saturated heterocycles. The van der Waals surface area contributed by atoms with Gasteiger partial charge in [0.2, 0.25) is 0 Å². The normalized spacial score (nSPS) is 45.6. The van der Waals surface area contributed by atoms with Gasteiger partial charge in [0, 0.05) is 19.1 Å². The van der Waals surface area contributed by atoms with Crippen molar-refractivity contribution in [3.63, 3.8) is 0 Å². The van der Waals surface area contributed by atoms with E-state index in [1.165, 1.54) is 6.42 Å². The molecule has 0 aromatic rings. The minimum absolute atomic E-state index is 0.104. The molecule has 1 heterocycles. The number of hydrogen-bond donors (Lipinski definition) is 1. The lowest BCUT2D eigenvalue weighted by atomic mass is 10.1. The maximum atomic E-state index is 9.83. The van der Waals surface area contributed by atoms with Gasteiger partial charge < -0.3 is 9.84 Å². The molecule has 0 spiro atoms. The number of morpholine rings is 1. The van der Waals surface area contributed by atoms with E-state index in [4.69, 9.17) is 4.74 Å². The van der Waals surface area contributed by atoms with Gasteiger partial charge >= 0.3 is 0 Å². The highest BCUT2D eigenvalue weighted by Gasteiger charge is 2.34. The molecule has 14 heavy (non-hydrogen) atoms. The molecule has 0 aromatic carbocycles. The van der Waals surface area contributed by atoms with Gasteiger partial charge in [-0.25, -0.2) is 0 Å². The van der Waals surface area contributed by atoms with Crippen LogP contribution >= 0.6 is 0 Å². The Morgan fingerprint density at radius 3 is 2.29 bits per heavy atom. The maximum absolute atomic E-state index is 9.83. The Labute approximate surface area is 86.0 Å². The van der Waals surface area contributed by atoms with Gasteiger partial charge in [0.1, 0.15) is 0 Å². The molecule has 1 aliphatic heterocycles. The van der Waals surface area contributed by atoms with Gasteiger partial charge in [0.15, 0.2) is 0 Å². The number of aliphatic hydroxyl groups excluding tert-OH is 1. The number of aliphatic hydroxyl groups is 1. The molecule has 1 aliphatic carbocycles. The highest BCUT2D eigenvalue weighted by atomic mass is 16.5. The number of ether oxygens (including phenoxy) is 1. The fraction of sp³-hybridized carbons (Fsp3) is 1.00. The first kappa shape index (κ1) is 10.4. The monoisotopic (exact) mass is 199 g/mol. The van der Waals surface area contributed by atoms with Crippen molar-refractivity contribution >= 4 is 0 Å². The van der Waals surface area contributed by atoms with Crippen LogP contribution in [0, 0.1) is 0 Å². The van der Waals surface area contributed by atoms with Crippen LogP contribution in [0.3, 0.4) is 0 Å². The molecule has 0 radical (unpaired) electrons. The average Bonchev–Trinajstić information content (AvgIpc) is 2.49. The van der Waals surface area contributed by atoms with Crippen molar-refractivity contribution < 1.29 is 9.84 Å². The van der Waals surface area contributed by atoms with Gasteiger partial charge in [0.25, 0.3) is 0 Å². The second-order valence-electron chi connectivity index (χ2n) is 4.78. The molecule has 2 aliphatic rings. The summed E-state index contributed by atoms with van der Waals surface area (Å²) in [5, 5.41) is 9.83. The van der Waals surface area contributed by atoms with Gasteiger partial charge in [-0.05, 0) is 33.1 Å². The van der Waals surface area contributed by atoms with E-state index in [-0.39, 0.29) is 6.10 Å². The molecule has 2 fully saturated rings. The third-order valence-corrected chi connectivity index (χ3v) is 3.36. The first-order valence-electron chi connectivity index (χ1n) is 5.74. The summed E-state index contributed by atoms with van der Waals surface area (Å²) in [5.74, 6) is 0. The van der Waals surface area contributed by atoms with Crippen molar-refractivity contribution in [2.45, 2.75) is 57.5 Å². The Bertz CT molecular complexity index is 188. The summed E-state index contributed by atoms with van der Waals surface area (Å²) in [6, 6.07) is 0.392. The summed E-state index contributed by atoms with van der Waals surface area (Å²) in [6.07, 6.45) is 3.82. The van der Waals surface area contributed by atoms with E-state index in [1.807, 2.05) is 0 Å². The van der Waals surface area contributed by atoms with Crippen LogP contribution in [0.5, 0.6) is 0 Å². The second-order valence-corrected chi connectivity index (χ2v) is 4.78. The smallest absolute Gasteiger partial charge is 0.0695 e. The third kappa shape index (κ3) is 2.10. The maximum Gasteiger partial charge on any atom is 0.0695 e. The fourth-order valence-electron chi connectivity index (χ4n) is 2.84. The molecule has 0 bridgehead atoms. The van der Waals surface area contributed by atoms with Crippen molar-refractivity contribution in [1.29, 1.82) is 0 Å². The van der Waals surface area contributed by atoms with Crippen molar-refractivity contribution in [2.24, 2.45) is 0 Å². The Kier molecular flexibility index (Phi) is 3.10. The van der Waals surface area contributed by atoms with Crippen molar-refractivity contribution in [3.05, 3.63) is 0 Å². The van der Waals surface area contributed by atoms with Crippen LogP contribution in [0.2, 0.25) is 0 Å². The van der Waals surface area contributed by atoms with Gasteiger partial charge in [0.05, 0.1) is 18.3 Å². The summed E-state index contributed by atoms with van der Waals surface area (Å²) in [6.45, 7) is 6.19. The van der Waals surface area contributed by atoms with E-state index in [2.05, 4.69) is 18.7 Å². The molecule has 0 unspecified atom stereocenters. The SMILES string of the molecule is C[C@@H]1CN([C@@H]2CCC[C@@H]2O)C[C@H](C)O1. The van der Waals surface area contributed by atoms with E-state index in [0.717, 1.165) is 25.9 Å². The quantitative estimate of drug-likeness (QED) is 0.684. The predicted octanol–water partition coefficient (Wildman–Crippen LogP) is 1.01. The lowest BCUT2D eigenvalue weighted by molar-refractivity contribution is -0.0911. The Hall–Kier alpha value is -0.120. The van der Waals surface area contributed by atoms with Crippen LogP contribution in [-0.2, 0) is 4.74 Å². The molecule has 1 N–H and O–H groups in total. The van der Waals surface area contributed by atoms with Crippen molar-refractivity contribution in [3.8, 4) is 0 Å². The van der Waals surface area contributed by atoms with Crippen molar-refractivity contribution in [2.75, 3.05) is 13.1 Å². The molecule has 0 amide bonds. The first-order chi connectivity index (χ1) is 6.66. The van der Waals surface area contributed by atoms with Gasteiger partial charge in [-0.3, -0.25) is 4.90 Å². The van der Waals surface area contributed by atoms with Crippen LogP contribution in [0.1, 0.15) is 33.1 Å². The number of nitrogens with zero attached hydrogens (tertiary/aromatic N) is 1. The Morgan fingerprint density at radius 1 is 1.14 bits per heavy atom. The molecule has 0 aromatic heterocycles. The van der Waals surface area contributed by atoms with Gasteiger partial charge in [-0.15, -0.1) is 0 Å². The van der Waals surface area contributed by atoms with E-state index < -0.39 is 0 Å². The molecular formula is C11H21NO2. The van der Waals surface area contributed by atoms with Gasteiger partial charge in [-0.1, -0.05) is 0 Å². The van der Waals surface area contributed by atoms with Crippen LogP contribution in [0.4, 0.5) is 0 Å². The summed E-state index contributed by atoms with van der Waals surface area (Å²) >= 11 is 0. The molecule has 1 saturated carbocycles. The standard InChI is InChI=1S/C11H21NO2/c1-8-6-12(7-9(2)14-8)10-4-3-5-11(10)13/h8-11,13H,3-7H2,1-2H3/t8-,9+,10-,11+/m1/s1. The Morgan fingerprint density at radius 2 is 1.79 bits per heavy atom. The summed E-state index contributed by atoms with van der Waals surface area (Å²) in [5.41, 5.74) is 0. The van der Waals surface area contributed by atoms with Crippen LogP contribution in [0.25, 0.3) is 0 Å². The van der Waals surface area contributed by atoms with Crippen molar-refractivity contribution in [1.82, 2.24) is 4.90 Å². The van der Waals surface area contributed by atoms with Crippen LogP contribution in [-0.4, -0.2) is 47.4 Å². The molecule has 4 atom stereocenters. The fourth-order valence-corrected chi connectivity index (χ4v) is 2.84. The third-order valence-electron chi connectivity index (χ3n) is 3.36. The predicted molar refractivity (Wildman–Crippen MR) is 55.2 cm³/mol. The van der Waals surface area contributed by atoms with Crippen LogP contribution in [0.15, 0.2) is 0 Å². The highest BCUT2D eigenvalue weighted by molar-refractivity contribution is 4.88. The topological polar surface area (TPSA) is 32.7 Å². The van der Waals surface area contributed by atoms with E-state index in [9.17, 15) is 5.11 Å². The lowest BCUT2D eigenvalue weighted by Crippen LogP contribution is -2.52. The zero-order chi connectivity index (χ0) is 10.1. The van der Waals surface area contributed by atoms with E-state index in [1.54, 1.807) is 0 Å². The Balaban J connectivity index is 1.95. The zero-order valence-electron chi connectivity index (χ0n) is 9.15. The second kappa shape index (κ2) is 4.17. The summed E-state index contributed by atoms with van der Waals surface area (Å²) in [7, 11) is 0. The first-order valence-corrected chi connectivity index (χ1v) is 5.74. The molecule has 3 nitrogen and oxygen atoms in total. The minimum atomic E-state index is -0.104. The molecule has 2 rings (SSSR count). The summed E-state index contributed by atoms with van der Waals surface area (Å²) in [4.78, 5) is 2.41. The minimum Gasteiger partial charge on any atom is -0.391 e. The van der Waals surface area contributed by atoms with Gasteiger partial charge in [-0.2, -0.15) is 0 Å². The van der Waals surface area contributed by atoms with E-state index >= 15 is 0 Å². The molecule has 82 valence electrons. The molecule has 3 heteroatoms. The van der Waals surface area contributed by atoms with E-state index in [0.29, 0.717) is 18.2 Å². The average molecular weight is 199 g/mol. The number of hydrogen-bond acceptors (Lipinski definition) is 3. The zero-order valence-corrected chi connectivity index (χ0v) is 9.15. The number of rotatable bonds is 1. The molecular weight excluding hydrogens is 178 g/mol. The lowest BCUT2D eigenvalue weighted by Gasteiger charge is -2.39. The summed E-state index contributed by atoms with van der Waals surface area (Å²) < 4.78 is 5.69.